The number of thiocarbonyl (C=S) groups is 1. The molecule has 0 bridgehead atoms. The summed E-state index contributed by atoms with van der Waals surface area (Å²) in [4.78, 5) is 12.9. The molecular formula is C19H20N4OS. The van der Waals surface area contributed by atoms with Gasteiger partial charge in [-0.15, -0.1) is 0 Å². The topological polar surface area (TPSA) is 51.0 Å². The van der Waals surface area contributed by atoms with Crippen molar-refractivity contribution in [3.63, 3.8) is 0 Å². The van der Waals surface area contributed by atoms with Crippen LogP contribution in [0.2, 0.25) is 0 Å². The number of aromatic nitrogens is 2. The number of benzene rings is 2. The van der Waals surface area contributed by atoms with E-state index in [4.69, 9.17) is 12.2 Å². The molecule has 5 nitrogen and oxygen atoms in total. The van der Waals surface area contributed by atoms with Crippen molar-refractivity contribution in [3.8, 4) is 5.69 Å². The van der Waals surface area contributed by atoms with Crippen molar-refractivity contribution in [2.45, 2.75) is 13.8 Å². The molecule has 2 aromatic carbocycles. The lowest BCUT2D eigenvalue weighted by atomic mass is 10.2. The van der Waals surface area contributed by atoms with Crippen molar-refractivity contribution in [2.24, 2.45) is 7.05 Å². The molecule has 0 aliphatic heterocycles. The zero-order chi connectivity index (χ0) is 18.0. The SMILES string of the molecule is Cc1ccccc1NC(=S)Nc1c(C)n(C)n(-c2ccccc2)c1=O. The minimum Gasteiger partial charge on any atom is -0.332 e. The van der Waals surface area contributed by atoms with Gasteiger partial charge in [-0.2, -0.15) is 0 Å². The van der Waals surface area contributed by atoms with Crippen LogP contribution < -0.4 is 16.2 Å². The van der Waals surface area contributed by atoms with Crippen LogP contribution in [-0.2, 0) is 7.05 Å². The van der Waals surface area contributed by atoms with Gasteiger partial charge in [0.1, 0.15) is 5.69 Å². The lowest BCUT2D eigenvalue weighted by molar-refractivity contribution is 0.630. The molecule has 0 amide bonds. The van der Waals surface area contributed by atoms with Crippen LogP contribution in [0.25, 0.3) is 5.69 Å². The van der Waals surface area contributed by atoms with E-state index in [-0.39, 0.29) is 5.56 Å². The molecule has 0 unspecified atom stereocenters. The second-order valence-electron chi connectivity index (χ2n) is 5.83. The molecule has 0 saturated heterocycles. The Balaban J connectivity index is 1.90. The van der Waals surface area contributed by atoms with E-state index in [1.54, 1.807) is 4.68 Å². The summed E-state index contributed by atoms with van der Waals surface area (Å²) in [6.07, 6.45) is 0. The fourth-order valence-corrected chi connectivity index (χ4v) is 2.90. The molecule has 2 N–H and O–H groups in total. The van der Waals surface area contributed by atoms with Crippen molar-refractivity contribution < 1.29 is 0 Å². The van der Waals surface area contributed by atoms with E-state index < -0.39 is 0 Å². The first-order valence-electron chi connectivity index (χ1n) is 7.96. The fourth-order valence-electron chi connectivity index (χ4n) is 2.69. The lowest BCUT2D eigenvalue weighted by Gasteiger charge is -2.11. The Kier molecular flexibility index (Phi) is 4.72. The molecule has 0 saturated carbocycles. The summed E-state index contributed by atoms with van der Waals surface area (Å²) in [6, 6.07) is 17.4. The Morgan fingerprint density at radius 3 is 2.28 bits per heavy atom. The standard InChI is InChI=1S/C19H20N4OS/c1-13-9-7-8-12-16(13)20-19(25)21-17-14(2)22(3)23(18(17)24)15-10-5-4-6-11-15/h4-12H,1-3H3,(H2,20,21,25). The molecular weight excluding hydrogens is 332 g/mol. The molecule has 0 fully saturated rings. The van der Waals surface area contributed by atoms with Gasteiger partial charge < -0.3 is 10.6 Å². The first-order valence-corrected chi connectivity index (χ1v) is 8.37. The molecule has 128 valence electrons. The molecule has 0 aliphatic carbocycles. The van der Waals surface area contributed by atoms with E-state index >= 15 is 0 Å². The fraction of sp³-hybridized carbons (Fsp3) is 0.158. The van der Waals surface area contributed by atoms with Gasteiger partial charge in [-0.05, 0) is 49.8 Å². The molecule has 1 aromatic heterocycles. The predicted octanol–water partition coefficient (Wildman–Crippen LogP) is 3.60. The van der Waals surface area contributed by atoms with E-state index in [9.17, 15) is 4.79 Å². The molecule has 6 heteroatoms. The van der Waals surface area contributed by atoms with E-state index in [1.165, 1.54) is 0 Å². The van der Waals surface area contributed by atoms with E-state index in [1.807, 2.05) is 80.2 Å². The molecule has 0 atom stereocenters. The van der Waals surface area contributed by atoms with Crippen LogP contribution in [0.5, 0.6) is 0 Å². The van der Waals surface area contributed by atoms with Crippen LogP contribution >= 0.6 is 12.2 Å². The maximum absolute atomic E-state index is 12.9. The molecule has 0 spiro atoms. The van der Waals surface area contributed by atoms with Crippen molar-refractivity contribution in [2.75, 3.05) is 10.6 Å². The highest BCUT2D eigenvalue weighted by Crippen LogP contribution is 2.16. The normalized spacial score (nSPS) is 10.5. The first-order chi connectivity index (χ1) is 12.0. The predicted molar refractivity (Wildman–Crippen MR) is 107 cm³/mol. The van der Waals surface area contributed by atoms with Gasteiger partial charge >= 0.3 is 0 Å². The minimum atomic E-state index is -0.139. The van der Waals surface area contributed by atoms with Crippen LogP contribution in [0.1, 0.15) is 11.3 Å². The second kappa shape index (κ2) is 6.94. The quantitative estimate of drug-likeness (QED) is 0.707. The maximum Gasteiger partial charge on any atom is 0.295 e. The van der Waals surface area contributed by atoms with Gasteiger partial charge in [0.15, 0.2) is 5.11 Å². The average Bonchev–Trinajstić information content (AvgIpc) is 2.81. The Labute approximate surface area is 151 Å². The summed E-state index contributed by atoms with van der Waals surface area (Å²) in [5.74, 6) is 0. The zero-order valence-corrected chi connectivity index (χ0v) is 15.2. The van der Waals surface area contributed by atoms with Gasteiger partial charge in [0.25, 0.3) is 5.56 Å². The number of rotatable bonds is 3. The van der Waals surface area contributed by atoms with Crippen molar-refractivity contribution in [1.82, 2.24) is 9.36 Å². The smallest absolute Gasteiger partial charge is 0.295 e. The molecule has 3 rings (SSSR count). The van der Waals surface area contributed by atoms with E-state index in [2.05, 4.69) is 10.6 Å². The number of hydrogen-bond acceptors (Lipinski definition) is 2. The third-order valence-electron chi connectivity index (χ3n) is 4.19. The number of nitrogens with zero attached hydrogens (tertiary/aromatic N) is 2. The molecule has 1 heterocycles. The first kappa shape index (κ1) is 17.0. The Bertz CT molecular complexity index is 973. The largest absolute Gasteiger partial charge is 0.332 e. The summed E-state index contributed by atoms with van der Waals surface area (Å²) in [7, 11) is 1.85. The Hall–Kier alpha value is -2.86. The molecule has 25 heavy (non-hydrogen) atoms. The average molecular weight is 352 g/mol. The van der Waals surface area contributed by atoms with Crippen LogP contribution in [0.3, 0.4) is 0 Å². The number of hydrogen-bond donors (Lipinski definition) is 2. The third-order valence-corrected chi connectivity index (χ3v) is 4.39. The van der Waals surface area contributed by atoms with Gasteiger partial charge in [-0.25, -0.2) is 4.68 Å². The van der Waals surface area contributed by atoms with Crippen molar-refractivity contribution in [3.05, 3.63) is 76.2 Å². The highest BCUT2D eigenvalue weighted by atomic mass is 32.1. The number of aryl methyl sites for hydroxylation is 1. The molecule has 0 aliphatic rings. The third kappa shape index (κ3) is 3.34. The van der Waals surface area contributed by atoms with E-state index in [0.717, 1.165) is 22.6 Å². The molecule has 0 radical (unpaired) electrons. The summed E-state index contributed by atoms with van der Waals surface area (Å²) in [5, 5.41) is 6.59. The Morgan fingerprint density at radius 1 is 0.960 bits per heavy atom. The summed E-state index contributed by atoms with van der Waals surface area (Å²) in [5.41, 5.74) is 3.94. The monoisotopic (exact) mass is 352 g/mol. The number of para-hydroxylation sites is 2. The molecule has 3 aromatic rings. The van der Waals surface area contributed by atoms with Gasteiger partial charge in [0.2, 0.25) is 0 Å². The zero-order valence-electron chi connectivity index (χ0n) is 14.4. The van der Waals surface area contributed by atoms with Gasteiger partial charge in [0, 0.05) is 12.7 Å². The van der Waals surface area contributed by atoms with Crippen LogP contribution in [-0.4, -0.2) is 14.5 Å². The highest BCUT2D eigenvalue weighted by molar-refractivity contribution is 7.80. The van der Waals surface area contributed by atoms with Gasteiger partial charge in [-0.1, -0.05) is 36.4 Å². The summed E-state index contributed by atoms with van der Waals surface area (Å²) < 4.78 is 3.43. The van der Waals surface area contributed by atoms with Crippen molar-refractivity contribution in [1.29, 1.82) is 0 Å². The van der Waals surface area contributed by atoms with Crippen LogP contribution in [0.4, 0.5) is 11.4 Å². The highest BCUT2D eigenvalue weighted by Gasteiger charge is 2.17. The summed E-state index contributed by atoms with van der Waals surface area (Å²) in [6.45, 7) is 3.89. The Morgan fingerprint density at radius 2 is 1.60 bits per heavy atom. The lowest BCUT2D eigenvalue weighted by Crippen LogP contribution is -2.25. The number of anilines is 2. The van der Waals surface area contributed by atoms with Gasteiger partial charge in [0.05, 0.1) is 11.4 Å². The maximum atomic E-state index is 12.9. The van der Waals surface area contributed by atoms with Crippen molar-refractivity contribution >= 4 is 28.7 Å². The minimum absolute atomic E-state index is 0.139. The van der Waals surface area contributed by atoms with Crippen LogP contribution in [0, 0.1) is 13.8 Å². The summed E-state index contributed by atoms with van der Waals surface area (Å²) >= 11 is 5.39. The number of nitrogens with one attached hydrogen (secondary N) is 2. The second-order valence-corrected chi connectivity index (χ2v) is 6.24. The van der Waals surface area contributed by atoms with Crippen LogP contribution in [0.15, 0.2) is 59.4 Å². The van der Waals surface area contributed by atoms with E-state index in [0.29, 0.717) is 10.8 Å². The van der Waals surface area contributed by atoms with Gasteiger partial charge in [-0.3, -0.25) is 9.48 Å².